The van der Waals surface area contributed by atoms with Crippen molar-refractivity contribution in [2.75, 3.05) is 7.05 Å². The molecule has 1 aromatic carbocycles. The number of hydrogen-bond acceptors (Lipinski definition) is 2. The summed E-state index contributed by atoms with van der Waals surface area (Å²) in [5, 5.41) is 9.28. The zero-order valence-corrected chi connectivity index (χ0v) is 7.96. The van der Waals surface area contributed by atoms with E-state index in [9.17, 15) is 13.9 Å². The first-order chi connectivity index (χ1) is 6.56. The van der Waals surface area contributed by atoms with Gasteiger partial charge in [0.25, 0.3) is 0 Å². The molecule has 1 atom stereocenters. The van der Waals surface area contributed by atoms with Crippen molar-refractivity contribution in [2.24, 2.45) is 4.99 Å². The lowest BCUT2D eigenvalue weighted by Crippen LogP contribution is -2.17. The van der Waals surface area contributed by atoms with Crippen LogP contribution in [0.1, 0.15) is 12.5 Å². The largest absolute Gasteiger partial charge is 0.387 e. The quantitative estimate of drug-likeness (QED) is 0.723. The third-order valence-electron chi connectivity index (χ3n) is 1.85. The highest BCUT2D eigenvalue weighted by molar-refractivity contribution is 6.03. The van der Waals surface area contributed by atoms with Crippen molar-refractivity contribution in [1.82, 2.24) is 0 Å². The van der Waals surface area contributed by atoms with Crippen LogP contribution in [-0.4, -0.2) is 24.0 Å². The first-order valence-electron chi connectivity index (χ1n) is 4.16. The van der Waals surface area contributed by atoms with Gasteiger partial charge in [0.1, 0.15) is 0 Å². The van der Waals surface area contributed by atoms with Crippen molar-refractivity contribution >= 4 is 5.71 Å². The van der Waals surface area contributed by atoms with Gasteiger partial charge in [-0.15, -0.1) is 0 Å². The molecule has 0 saturated carbocycles. The molecule has 2 nitrogen and oxygen atoms in total. The second kappa shape index (κ2) is 4.28. The lowest BCUT2D eigenvalue weighted by atomic mass is 10.1. The van der Waals surface area contributed by atoms with Crippen LogP contribution < -0.4 is 0 Å². The molecule has 0 bridgehead atoms. The van der Waals surface area contributed by atoms with Gasteiger partial charge in [-0.3, -0.25) is 4.99 Å². The minimum atomic E-state index is -0.940. The minimum absolute atomic E-state index is 0.337. The zero-order valence-electron chi connectivity index (χ0n) is 7.96. The van der Waals surface area contributed by atoms with E-state index in [4.69, 9.17) is 0 Å². The van der Waals surface area contributed by atoms with Gasteiger partial charge < -0.3 is 5.11 Å². The van der Waals surface area contributed by atoms with Crippen molar-refractivity contribution in [3.63, 3.8) is 0 Å². The third-order valence-corrected chi connectivity index (χ3v) is 1.85. The fourth-order valence-corrected chi connectivity index (χ4v) is 1.21. The van der Waals surface area contributed by atoms with E-state index in [0.717, 1.165) is 12.1 Å². The van der Waals surface area contributed by atoms with Crippen LogP contribution in [-0.2, 0) is 0 Å². The first kappa shape index (κ1) is 10.8. The summed E-state index contributed by atoms with van der Waals surface area (Å²) in [5.74, 6) is -1.85. The summed E-state index contributed by atoms with van der Waals surface area (Å²) in [7, 11) is 1.49. The average Bonchev–Trinajstić information content (AvgIpc) is 2.11. The molecule has 4 heteroatoms. The summed E-state index contributed by atoms with van der Waals surface area (Å²) < 4.78 is 25.4. The Kier molecular flexibility index (Phi) is 3.30. The van der Waals surface area contributed by atoms with Gasteiger partial charge in [-0.05, 0) is 25.1 Å². The van der Waals surface area contributed by atoms with Crippen molar-refractivity contribution in [2.45, 2.75) is 13.0 Å². The Balaban J connectivity index is 3.13. The van der Waals surface area contributed by atoms with E-state index in [0.29, 0.717) is 11.3 Å². The second-order valence-electron chi connectivity index (χ2n) is 2.91. The predicted molar refractivity (Wildman–Crippen MR) is 50.5 cm³/mol. The molecule has 0 saturated heterocycles. The number of benzene rings is 1. The molecular weight excluding hydrogens is 188 g/mol. The molecule has 0 heterocycles. The normalized spacial score (nSPS) is 14.2. The maximum Gasteiger partial charge on any atom is 0.159 e. The molecule has 0 aliphatic carbocycles. The highest BCUT2D eigenvalue weighted by Crippen LogP contribution is 2.11. The van der Waals surface area contributed by atoms with E-state index in [-0.39, 0.29) is 0 Å². The van der Waals surface area contributed by atoms with Crippen LogP contribution in [0, 0.1) is 11.6 Å². The monoisotopic (exact) mass is 199 g/mol. The SMILES string of the molecule is CN=C(c1ccc(F)c(F)c1)C(C)O. The zero-order chi connectivity index (χ0) is 10.7. The molecule has 76 valence electrons. The van der Waals surface area contributed by atoms with Crippen LogP contribution in [0.3, 0.4) is 0 Å². The van der Waals surface area contributed by atoms with E-state index in [1.807, 2.05) is 0 Å². The number of hydrogen-bond donors (Lipinski definition) is 1. The Morgan fingerprint density at radius 1 is 1.36 bits per heavy atom. The molecule has 1 rings (SSSR count). The van der Waals surface area contributed by atoms with Gasteiger partial charge in [0.2, 0.25) is 0 Å². The van der Waals surface area contributed by atoms with E-state index < -0.39 is 17.7 Å². The molecule has 0 amide bonds. The van der Waals surface area contributed by atoms with E-state index in [2.05, 4.69) is 4.99 Å². The Bertz CT molecular complexity index is 361. The summed E-state index contributed by atoms with van der Waals surface area (Å²) >= 11 is 0. The second-order valence-corrected chi connectivity index (χ2v) is 2.91. The number of halogens is 2. The summed E-state index contributed by atoms with van der Waals surface area (Å²) in [6.45, 7) is 1.52. The lowest BCUT2D eigenvalue weighted by molar-refractivity contribution is 0.262. The lowest BCUT2D eigenvalue weighted by Gasteiger charge is -2.08. The van der Waals surface area contributed by atoms with E-state index >= 15 is 0 Å². The summed E-state index contributed by atoms with van der Waals surface area (Å²) in [5.41, 5.74) is 0.727. The maximum atomic E-state index is 12.8. The van der Waals surface area contributed by atoms with Gasteiger partial charge in [0.05, 0.1) is 11.8 Å². The third kappa shape index (κ3) is 2.14. The first-order valence-corrected chi connectivity index (χ1v) is 4.16. The van der Waals surface area contributed by atoms with Gasteiger partial charge in [-0.2, -0.15) is 0 Å². The van der Waals surface area contributed by atoms with Crippen molar-refractivity contribution in [3.8, 4) is 0 Å². The fourth-order valence-electron chi connectivity index (χ4n) is 1.21. The Labute approximate surface area is 80.9 Å². The highest BCUT2D eigenvalue weighted by atomic mass is 19.2. The smallest absolute Gasteiger partial charge is 0.159 e. The van der Waals surface area contributed by atoms with Crippen LogP contribution in [0.5, 0.6) is 0 Å². The fraction of sp³-hybridized carbons (Fsp3) is 0.300. The van der Waals surface area contributed by atoms with Crippen LogP contribution >= 0.6 is 0 Å². The van der Waals surface area contributed by atoms with Crippen LogP contribution in [0.15, 0.2) is 23.2 Å². The molecule has 1 aromatic rings. The molecule has 0 aliphatic rings. The highest BCUT2D eigenvalue weighted by Gasteiger charge is 2.11. The van der Waals surface area contributed by atoms with Gasteiger partial charge in [0, 0.05) is 12.6 Å². The van der Waals surface area contributed by atoms with E-state index in [1.54, 1.807) is 0 Å². The molecule has 0 radical (unpaired) electrons. The summed E-state index contributed by atoms with van der Waals surface area (Å²) in [6.07, 6.45) is -0.801. The van der Waals surface area contributed by atoms with Gasteiger partial charge >= 0.3 is 0 Å². The average molecular weight is 199 g/mol. The Morgan fingerprint density at radius 2 is 2.00 bits per heavy atom. The summed E-state index contributed by atoms with van der Waals surface area (Å²) in [4.78, 5) is 3.81. The molecule has 0 aliphatic heterocycles. The topological polar surface area (TPSA) is 32.6 Å². The molecule has 0 spiro atoms. The number of aliphatic hydroxyl groups is 1. The van der Waals surface area contributed by atoms with Crippen molar-refractivity contribution in [3.05, 3.63) is 35.4 Å². The van der Waals surface area contributed by atoms with E-state index in [1.165, 1.54) is 20.0 Å². The molecular formula is C10H11F2NO. The number of nitrogens with zero attached hydrogens (tertiary/aromatic N) is 1. The van der Waals surface area contributed by atoms with Gasteiger partial charge in [0.15, 0.2) is 11.6 Å². The predicted octanol–water partition coefficient (Wildman–Crippen LogP) is 1.76. The molecule has 1 N–H and O–H groups in total. The Morgan fingerprint density at radius 3 is 2.43 bits per heavy atom. The van der Waals surface area contributed by atoms with Crippen LogP contribution in [0.4, 0.5) is 8.78 Å². The van der Waals surface area contributed by atoms with Crippen molar-refractivity contribution < 1.29 is 13.9 Å². The molecule has 0 fully saturated rings. The minimum Gasteiger partial charge on any atom is -0.387 e. The standard InChI is InChI=1S/C10H11F2NO/c1-6(14)10(13-2)7-3-4-8(11)9(12)5-7/h3-6,14H,1-2H3. The molecule has 14 heavy (non-hydrogen) atoms. The Hall–Kier alpha value is -1.29. The summed E-state index contributed by atoms with van der Waals surface area (Å²) in [6, 6.07) is 3.41. The number of aliphatic imine (C=N–C) groups is 1. The van der Waals surface area contributed by atoms with Gasteiger partial charge in [-0.1, -0.05) is 0 Å². The molecule has 0 aromatic heterocycles. The van der Waals surface area contributed by atoms with Gasteiger partial charge in [-0.25, -0.2) is 8.78 Å². The van der Waals surface area contributed by atoms with Crippen LogP contribution in [0.2, 0.25) is 0 Å². The maximum absolute atomic E-state index is 12.8. The molecule has 1 unspecified atom stereocenters. The number of rotatable bonds is 2. The van der Waals surface area contributed by atoms with Crippen LogP contribution in [0.25, 0.3) is 0 Å². The number of aliphatic hydroxyl groups excluding tert-OH is 1. The van der Waals surface area contributed by atoms with Crippen molar-refractivity contribution in [1.29, 1.82) is 0 Å².